The molecule has 0 heterocycles. The fraction of sp³-hybridized carbons (Fsp3) is 0.750. The molecule has 0 aliphatic heterocycles. The molecule has 2 fully saturated rings. The number of benzene rings is 1. The highest BCUT2D eigenvalue weighted by Crippen LogP contribution is 2.40. The predicted molar refractivity (Wildman–Crippen MR) is 110 cm³/mol. The molecule has 0 aromatic heterocycles. The largest absolute Gasteiger partial charge is 0.205 e. The number of unbranched alkanes of at least 4 members (excludes halogenated alkanes) is 1. The van der Waals surface area contributed by atoms with Gasteiger partial charge in [-0.25, -0.2) is 4.39 Å². The number of hydrogen-bond donors (Lipinski definition) is 0. The van der Waals surface area contributed by atoms with Gasteiger partial charge in [-0.05, 0) is 67.1 Å². The lowest BCUT2D eigenvalue weighted by Gasteiger charge is -2.32. The van der Waals surface area contributed by atoms with E-state index in [0.29, 0.717) is 5.92 Å². The van der Waals surface area contributed by atoms with Gasteiger partial charge in [0.1, 0.15) is 5.82 Å². The second-order valence-corrected chi connectivity index (χ2v) is 9.40. The monoisotopic (exact) mass is 378 g/mol. The Morgan fingerprint density at radius 2 is 1.38 bits per heavy atom. The summed E-state index contributed by atoms with van der Waals surface area (Å²) >= 11 is 5.82. The molecule has 0 nitrogen and oxygen atoms in total. The van der Waals surface area contributed by atoms with E-state index >= 15 is 0 Å². The summed E-state index contributed by atoms with van der Waals surface area (Å²) in [5, 5.41) is 0.242. The Morgan fingerprint density at radius 1 is 0.846 bits per heavy atom. The summed E-state index contributed by atoms with van der Waals surface area (Å²) in [6.07, 6.45) is 18.1. The molecule has 1 aromatic carbocycles. The molecule has 3 rings (SSSR count). The fourth-order valence-electron chi connectivity index (χ4n) is 5.32. The van der Waals surface area contributed by atoms with E-state index in [9.17, 15) is 4.39 Å². The standard InChI is InChI=1S/C24H36ClF/c1-2-3-4-18-5-7-19(8-6-18)9-10-20-11-13-21(14-12-20)22-15-16-23(25)24(26)17-22/h15-21H,2-14H2,1H3. The Balaban J connectivity index is 1.35. The summed E-state index contributed by atoms with van der Waals surface area (Å²) in [7, 11) is 0. The van der Waals surface area contributed by atoms with Crippen LogP contribution in [-0.2, 0) is 0 Å². The van der Waals surface area contributed by atoms with Crippen LogP contribution in [-0.4, -0.2) is 0 Å². The zero-order chi connectivity index (χ0) is 18.4. The maximum atomic E-state index is 13.7. The summed E-state index contributed by atoms with van der Waals surface area (Å²) in [6, 6.07) is 5.40. The van der Waals surface area contributed by atoms with E-state index in [1.807, 2.05) is 6.07 Å². The van der Waals surface area contributed by atoms with Crippen molar-refractivity contribution in [2.24, 2.45) is 17.8 Å². The first kappa shape index (κ1) is 20.2. The van der Waals surface area contributed by atoms with Gasteiger partial charge in [0.25, 0.3) is 0 Å². The van der Waals surface area contributed by atoms with E-state index in [2.05, 4.69) is 6.92 Å². The molecule has 0 bridgehead atoms. The second kappa shape index (κ2) is 10.1. The average Bonchev–Trinajstić information content (AvgIpc) is 2.68. The number of halogens is 2. The van der Waals surface area contributed by atoms with Crippen LogP contribution in [0, 0.1) is 23.6 Å². The molecular formula is C24H36ClF. The summed E-state index contributed by atoms with van der Waals surface area (Å²) in [5.41, 5.74) is 1.15. The average molecular weight is 379 g/mol. The topological polar surface area (TPSA) is 0 Å². The van der Waals surface area contributed by atoms with Crippen LogP contribution < -0.4 is 0 Å². The van der Waals surface area contributed by atoms with E-state index < -0.39 is 0 Å². The summed E-state index contributed by atoms with van der Waals surface area (Å²) in [5.74, 6) is 3.20. The quantitative estimate of drug-likeness (QED) is 0.445. The fourth-order valence-corrected chi connectivity index (χ4v) is 5.44. The number of hydrogen-bond acceptors (Lipinski definition) is 0. The minimum absolute atomic E-state index is 0.242. The minimum Gasteiger partial charge on any atom is -0.205 e. The van der Waals surface area contributed by atoms with Crippen molar-refractivity contribution in [3.8, 4) is 0 Å². The molecule has 0 N–H and O–H groups in total. The summed E-state index contributed by atoms with van der Waals surface area (Å²) in [6.45, 7) is 2.31. The van der Waals surface area contributed by atoms with Crippen LogP contribution in [0.25, 0.3) is 0 Å². The molecule has 2 aliphatic rings. The van der Waals surface area contributed by atoms with Crippen molar-refractivity contribution in [3.05, 3.63) is 34.6 Å². The van der Waals surface area contributed by atoms with Gasteiger partial charge in [0.2, 0.25) is 0 Å². The summed E-state index contributed by atoms with van der Waals surface area (Å²) in [4.78, 5) is 0. The Bertz CT molecular complexity index is 539. The van der Waals surface area contributed by atoms with Gasteiger partial charge in [-0.1, -0.05) is 82.4 Å². The van der Waals surface area contributed by atoms with Gasteiger partial charge in [-0.3, -0.25) is 0 Å². The van der Waals surface area contributed by atoms with E-state index in [0.717, 1.165) is 23.3 Å². The Labute approximate surface area is 164 Å². The lowest BCUT2D eigenvalue weighted by Crippen LogP contribution is -2.18. The van der Waals surface area contributed by atoms with Gasteiger partial charge in [0, 0.05) is 0 Å². The van der Waals surface area contributed by atoms with Gasteiger partial charge < -0.3 is 0 Å². The Kier molecular flexibility index (Phi) is 7.85. The maximum absolute atomic E-state index is 13.7. The highest BCUT2D eigenvalue weighted by Gasteiger charge is 2.25. The van der Waals surface area contributed by atoms with Crippen molar-refractivity contribution < 1.29 is 4.39 Å². The van der Waals surface area contributed by atoms with Crippen molar-refractivity contribution in [2.45, 2.75) is 96.3 Å². The third kappa shape index (κ3) is 5.72. The third-order valence-electron chi connectivity index (χ3n) is 7.18. The van der Waals surface area contributed by atoms with Gasteiger partial charge in [0.05, 0.1) is 5.02 Å². The highest BCUT2D eigenvalue weighted by atomic mass is 35.5. The molecular weight excluding hydrogens is 343 g/mol. The van der Waals surface area contributed by atoms with Crippen LogP contribution in [0.1, 0.15) is 102 Å². The first-order valence-electron chi connectivity index (χ1n) is 11.1. The first-order valence-corrected chi connectivity index (χ1v) is 11.5. The second-order valence-electron chi connectivity index (χ2n) is 9.00. The van der Waals surface area contributed by atoms with Crippen LogP contribution in [0.3, 0.4) is 0 Å². The van der Waals surface area contributed by atoms with Gasteiger partial charge in [-0.2, -0.15) is 0 Å². The zero-order valence-electron chi connectivity index (χ0n) is 16.5. The van der Waals surface area contributed by atoms with Crippen LogP contribution in [0.4, 0.5) is 4.39 Å². The lowest BCUT2D eigenvalue weighted by atomic mass is 9.74. The third-order valence-corrected chi connectivity index (χ3v) is 7.48. The van der Waals surface area contributed by atoms with Crippen LogP contribution in [0.15, 0.2) is 18.2 Å². The van der Waals surface area contributed by atoms with Crippen molar-refractivity contribution in [1.82, 2.24) is 0 Å². The molecule has 0 saturated heterocycles. The van der Waals surface area contributed by atoms with E-state index in [-0.39, 0.29) is 10.8 Å². The van der Waals surface area contributed by atoms with Crippen molar-refractivity contribution in [2.75, 3.05) is 0 Å². The molecule has 0 radical (unpaired) electrons. The Morgan fingerprint density at radius 3 is 1.92 bits per heavy atom. The molecule has 0 unspecified atom stereocenters. The van der Waals surface area contributed by atoms with Gasteiger partial charge in [-0.15, -0.1) is 0 Å². The van der Waals surface area contributed by atoms with Crippen LogP contribution in [0.5, 0.6) is 0 Å². The smallest absolute Gasteiger partial charge is 0.142 e. The molecule has 0 atom stereocenters. The minimum atomic E-state index is -0.263. The molecule has 2 heteroatoms. The van der Waals surface area contributed by atoms with Crippen molar-refractivity contribution in [3.63, 3.8) is 0 Å². The van der Waals surface area contributed by atoms with E-state index in [4.69, 9.17) is 11.6 Å². The van der Waals surface area contributed by atoms with Crippen LogP contribution in [0.2, 0.25) is 5.02 Å². The molecule has 1 aromatic rings. The first-order chi connectivity index (χ1) is 12.7. The van der Waals surface area contributed by atoms with Gasteiger partial charge in [0.15, 0.2) is 0 Å². The zero-order valence-corrected chi connectivity index (χ0v) is 17.2. The predicted octanol–water partition coefficient (Wildman–Crippen LogP) is 8.53. The van der Waals surface area contributed by atoms with E-state index in [1.54, 1.807) is 12.1 Å². The van der Waals surface area contributed by atoms with Crippen molar-refractivity contribution >= 4 is 11.6 Å². The Hall–Kier alpha value is -0.560. The molecule has 2 saturated carbocycles. The number of rotatable bonds is 7. The van der Waals surface area contributed by atoms with Crippen molar-refractivity contribution in [1.29, 1.82) is 0 Å². The molecule has 0 spiro atoms. The molecule has 0 amide bonds. The molecule has 26 heavy (non-hydrogen) atoms. The van der Waals surface area contributed by atoms with Crippen LogP contribution >= 0.6 is 11.6 Å². The normalized spacial score (nSPS) is 29.7. The highest BCUT2D eigenvalue weighted by molar-refractivity contribution is 6.30. The maximum Gasteiger partial charge on any atom is 0.142 e. The summed E-state index contributed by atoms with van der Waals surface area (Å²) < 4.78 is 13.7. The lowest BCUT2D eigenvalue weighted by molar-refractivity contribution is 0.222. The molecule has 146 valence electrons. The molecule has 2 aliphatic carbocycles. The van der Waals surface area contributed by atoms with E-state index in [1.165, 1.54) is 83.5 Å². The SMILES string of the molecule is CCCCC1CCC(CCC2CCC(c3ccc(Cl)c(F)c3)CC2)CC1. The van der Waals surface area contributed by atoms with Gasteiger partial charge >= 0.3 is 0 Å².